The predicted octanol–water partition coefficient (Wildman–Crippen LogP) is 1.01. The average molecular weight is 228 g/mol. The molecule has 94 valence electrons. The molecule has 3 atom stereocenters. The Morgan fingerprint density at radius 1 is 1.56 bits per heavy atom. The van der Waals surface area contributed by atoms with Crippen LogP contribution in [0.1, 0.15) is 34.1 Å². The number of nitrogens with one attached hydrogen (secondary N) is 1. The van der Waals surface area contributed by atoms with Crippen LogP contribution in [0.15, 0.2) is 0 Å². The van der Waals surface area contributed by atoms with Crippen LogP contribution in [-0.4, -0.2) is 48.7 Å². The van der Waals surface area contributed by atoms with Gasteiger partial charge in [-0.25, -0.2) is 0 Å². The zero-order chi connectivity index (χ0) is 12.1. The average Bonchev–Trinajstić information content (AvgIpc) is 2.23. The van der Waals surface area contributed by atoms with E-state index in [1.54, 1.807) is 0 Å². The van der Waals surface area contributed by atoms with Crippen molar-refractivity contribution in [2.45, 2.75) is 52.3 Å². The number of nitrogens with zero attached hydrogens (tertiary/aromatic N) is 1. The molecule has 0 bridgehead atoms. The van der Waals surface area contributed by atoms with Crippen LogP contribution in [0.3, 0.4) is 0 Å². The lowest BCUT2D eigenvalue weighted by Crippen LogP contribution is -2.51. The van der Waals surface area contributed by atoms with Crippen LogP contribution < -0.4 is 5.32 Å². The van der Waals surface area contributed by atoms with Gasteiger partial charge in [0.25, 0.3) is 0 Å². The molecule has 0 aromatic heterocycles. The summed E-state index contributed by atoms with van der Waals surface area (Å²) in [5.74, 6) is 0.121. The number of carbonyl (C=O) groups is 1. The molecule has 1 heterocycles. The highest BCUT2D eigenvalue weighted by molar-refractivity contribution is 5.78. The first-order chi connectivity index (χ1) is 7.52. The van der Waals surface area contributed by atoms with Gasteiger partial charge in [0.1, 0.15) is 0 Å². The Bertz CT molecular complexity index is 233. The van der Waals surface area contributed by atoms with Crippen molar-refractivity contribution in [2.75, 3.05) is 19.7 Å². The van der Waals surface area contributed by atoms with Crippen molar-refractivity contribution in [3.63, 3.8) is 0 Å². The van der Waals surface area contributed by atoms with Crippen LogP contribution in [0.2, 0.25) is 0 Å². The molecular weight excluding hydrogens is 204 g/mol. The van der Waals surface area contributed by atoms with E-state index in [1.807, 2.05) is 13.8 Å². The van der Waals surface area contributed by atoms with Crippen molar-refractivity contribution in [1.29, 1.82) is 0 Å². The zero-order valence-electron chi connectivity index (χ0n) is 10.8. The smallest absolute Gasteiger partial charge is 0.234 e. The molecule has 0 unspecified atom stereocenters. The van der Waals surface area contributed by atoms with Crippen LogP contribution in [0, 0.1) is 0 Å². The Labute approximate surface area is 98.3 Å². The number of ether oxygens (including phenoxy) is 1. The highest BCUT2D eigenvalue weighted by Gasteiger charge is 2.25. The summed E-state index contributed by atoms with van der Waals surface area (Å²) in [6, 6.07) is 0.597. The first kappa shape index (κ1) is 13.5. The second-order valence-electron chi connectivity index (χ2n) is 4.80. The van der Waals surface area contributed by atoms with E-state index in [0.29, 0.717) is 12.6 Å². The van der Waals surface area contributed by atoms with E-state index in [2.05, 4.69) is 24.1 Å². The second-order valence-corrected chi connectivity index (χ2v) is 4.80. The quantitative estimate of drug-likeness (QED) is 0.781. The van der Waals surface area contributed by atoms with Gasteiger partial charge in [0, 0.05) is 18.6 Å². The monoisotopic (exact) mass is 228 g/mol. The minimum atomic E-state index is 0.121. The van der Waals surface area contributed by atoms with E-state index in [0.717, 1.165) is 19.6 Å². The molecule has 4 heteroatoms. The molecule has 1 N–H and O–H groups in total. The fraction of sp³-hybridized carbons (Fsp3) is 0.917. The number of hydrogen-bond acceptors (Lipinski definition) is 3. The molecule has 0 saturated carbocycles. The maximum absolute atomic E-state index is 11.7. The lowest BCUT2D eigenvalue weighted by atomic mass is 10.2. The third-order valence-corrected chi connectivity index (χ3v) is 3.10. The van der Waals surface area contributed by atoms with Gasteiger partial charge >= 0.3 is 0 Å². The van der Waals surface area contributed by atoms with Crippen LogP contribution in [-0.2, 0) is 9.53 Å². The van der Waals surface area contributed by atoms with Crippen molar-refractivity contribution in [1.82, 2.24) is 10.2 Å². The van der Waals surface area contributed by atoms with Gasteiger partial charge in [0.05, 0.1) is 19.3 Å². The molecule has 1 saturated heterocycles. The lowest BCUT2D eigenvalue weighted by Gasteiger charge is -2.36. The molecule has 0 aliphatic carbocycles. The summed E-state index contributed by atoms with van der Waals surface area (Å²) in [5.41, 5.74) is 0. The molecule has 0 aromatic carbocycles. The van der Waals surface area contributed by atoms with Crippen molar-refractivity contribution in [3.05, 3.63) is 0 Å². The lowest BCUT2D eigenvalue weighted by molar-refractivity contribution is -0.126. The van der Waals surface area contributed by atoms with E-state index < -0.39 is 0 Å². The van der Waals surface area contributed by atoms with Crippen molar-refractivity contribution < 1.29 is 9.53 Å². The molecule has 1 aliphatic heterocycles. The fourth-order valence-corrected chi connectivity index (χ4v) is 1.80. The van der Waals surface area contributed by atoms with E-state index in [4.69, 9.17) is 4.74 Å². The minimum absolute atomic E-state index is 0.121. The number of carbonyl (C=O) groups excluding carboxylic acids is 1. The van der Waals surface area contributed by atoms with Gasteiger partial charge in [-0.05, 0) is 27.2 Å². The zero-order valence-corrected chi connectivity index (χ0v) is 10.8. The van der Waals surface area contributed by atoms with Crippen molar-refractivity contribution in [2.24, 2.45) is 0 Å². The van der Waals surface area contributed by atoms with E-state index in [-0.39, 0.29) is 18.1 Å². The van der Waals surface area contributed by atoms with Crippen molar-refractivity contribution in [3.8, 4) is 0 Å². The summed E-state index contributed by atoms with van der Waals surface area (Å²) in [5, 5.41) is 2.99. The Kier molecular flexibility index (Phi) is 5.22. The molecule has 0 radical (unpaired) electrons. The summed E-state index contributed by atoms with van der Waals surface area (Å²) in [6.45, 7) is 10.3. The highest BCUT2D eigenvalue weighted by atomic mass is 16.5. The van der Waals surface area contributed by atoms with E-state index in [9.17, 15) is 4.79 Å². The second kappa shape index (κ2) is 6.21. The number of hydrogen-bond donors (Lipinski definition) is 1. The van der Waals surface area contributed by atoms with Gasteiger partial charge in [-0.1, -0.05) is 6.92 Å². The van der Waals surface area contributed by atoms with Gasteiger partial charge in [0.15, 0.2) is 0 Å². The largest absolute Gasteiger partial charge is 0.376 e. The number of amides is 1. The normalized spacial score (nSPS) is 28.8. The molecule has 16 heavy (non-hydrogen) atoms. The Morgan fingerprint density at radius 3 is 2.88 bits per heavy atom. The molecule has 0 aromatic rings. The standard InChI is InChI=1S/C12H24N2O2/c1-5-9(2)13-12(15)7-14-6-11(4)16-8-10(14)3/h9-11H,5-8H2,1-4H3,(H,13,15)/t9-,10+,11-/m0/s1. The molecule has 1 aliphatic rings. The topological polar surface area (TPSA) is 41.6 Å². The molecule has 1 fully saturated rings. The van der Waals surface area contributed by atoms with Gasteiger partial charge in [-0.15, -0.1) is 0 Å². The third kappa shape index (κ3) is 4.10. The van der Waals surface area contributed by atoms with E-state index >= 15 is 0 Å². The van der Waals surface area contributed by atoms with Crippen LogP contribution in [0.5, 0.6) is 0 Å². The maximum atomic E-state index is 11.7. The number of morpholine rings is 1. The van der Waals surface area contributed by atoms with Crippen LogP contribution in [0.25, 0.3) is 0 Å². The molecule has 4 nitrogen and oxygen atoms in total. The van der Waals surface area contributed by atoms with Gasteiger partial charge in [-0.3, -0.25) is 9.69 Å². The molecule has 0 spiro atoms. The fourth-order valence-electron chi connectivity index (χ4n) is 1.80. The molecule has 1 rings (SSSR count). The van der Waals surface area contributed by atoms with Gasteiger partial charge in [0.2, 0.25) is 5.91 Å². The summed E-state index contributed by atoms with van der Waals surface area (Å²) >= 11 is 0. The summed E-state index contributed by atoms with van der Waals surface area (Å²) in [4.78, 5) is 13.9. The first-order valence-electron chi connectivity index (χ1n) is 6.18. The van der Waals surface area contributed by atoms with Crippen molar-refractivity contribution >= 4 is 5.91 Å². The van der Waals surface area contributed by atoms with Gasteiger partial charge in [-0.2, -0.15) is 0 Å². The summed E-state index contributed by atoms with van der Waals surface area (Å²) in [6.07, 6.45) is 1.20. The molecule has 1 amide bonds. The van der Waals surface area contributed by atoms with Crippen LogP contribution >= 0.6 is 0 Å². The Morgan fingerprint density at radius 2 is 2.25 bits per heavy atom. The highest BCUT2D eigenvalue weighted by Crippen LogP contribution is 2.10. The van der Waals surface area contributed by atoms with E-state index in [1.165, 1.54) is 0 Å². The Balaban J connectivity index is 2.37. The first-order valence-corrected chi connectivity index (χ1v) is 6.18. The SMILES string of the molecule is CC[C@H](C)NC(=O)CN1C[C@H](C)OC[C@H]1C. The number of rotatable bonds is 4. The minimum Gasteiger partial charge on any atom is -0.376 e. The summed E-state index contributed by atoms with van der Waals surface area (Å²) < 4.78 is 5.53. The molecular formula is C12H24N2O2. The third-order valence-electron chi connectivity index (χ3n) is 3.10. The Hall–Kier alpha value is -0.610. The predicted molar refractivity (Wildman–Crippen MR) is 64.3 cm³/mol. The van der Waals surface area contributed by atoms with Gasteiger partial charge < -0.3 is 10.1 Å². The summed E-state index contributed by atoms with van der Waals surface area (Å²) in [7, 11) is 0. The maximum Gasteiger partial charge on any atom is 0.234 e. The van der Waals surface area contributed by atoms with Crippen LogP contribution in [0.4, 0.5) is 0 Å².